The van der Waals surface area contributed by atoms with E-state index in [1.807, 2.05) is 26.2 Å². The summed E-state index contributed by atoms with van der Waals surface area (Å²) in [5, 5.41) is 0. The molecule has 0 radical (unpaired) electrons. The lowest BCUT2D eigenvalue weighted by Crippen LogP contribution is -2.58. The molecule has 0 fully saturated rings. The molecule has 156 valence electrons. The zero-order valence-corrected chi connectivity index (χ0v) is 22.3. The van der Waals surface area contributed by atoms with Crippen LogP contribution in [0.4, 0.5) is 0 Å². The first kappa shape index (κ1) is 26.2. The summed E-state index contributed by atoms with van der Waals surface area (Å²) in [6.45, 7) is 25.0. The van der Waals surface area contributed by atoms with Crippen LogP contribution in [0.25, 0.3) is 0 Å². The Labute approximate surface area is 167 Å². The molecule has 0 aliphatic carbocycles. The van der Waals surface area contributed by atoms with Gasteiger partial charge in [0.15, 0.2) is 0 Å². The quantitative estimate of drug-likeness (QED) is 0.366. The van der Waals surface area contributed by atoms with E-state index in [1.165, 1.54) is 0 Å². The molecule has 0 aromatic heterocycles. The fourth-order valence-corrected chi connectivity index (χ4v) is 19.3. The Morgan fingerprint density at radius 1 is 0.556 bits per heavy atom. The predicted molar refractivity (Wildman–Crippen MR) is 115 cm³/mol. The van der Waals surface area contributed by atoms with Crippen LogP contribution in [-0.4, -0.2) is 46.2 Å². The average Bonchev–Trinajstić information content (AvgIpc) is 2.31. The van der Waals surface area contributed by atoms with E-state index in [2.05, 4.69) is 13.2 Å². The molecule has 0 rings (SSSR count). The molecule has 27 heavy (non-hydrogen) atoms. The summed E-state index contributed by atoms with van der Waals surface area (Å²) in [4.78, 5) is 23.6. The highest BCUT2D eigenvalue weighted by Gasteiger charge is 2.46. The van der Waals surface area contributed by atoms with Crippen molar-refractivity contribution in [2.75, 3.05) is 0 Å². The maximum atomic E-state index is 11.8. The van der Waals surface area contributed by atoms with Crippen molar-refractivity contribution in [3.8, 4) is 0 Å². The number of rotatable bonds is 10. The molecular formula is C16H34O7Si4. The van der Waals surface area contributed by atoms with Gasteiger partial charge in [-0.2, -0.15) is 0 Å². The van der Waals surface area contributed by atoms with Crippen molar-refractivity contribution in [3.63, 3.8) is 0 Å². The molecule has 0 aromatic carbocycles. The van der Waals surface area contributed by atoms with Gasteiger partial charge in [0, 0.05) is 11.1 Å². The summed E-state index contributed by atoms with van der Waals surface area (Å²) < 4.78 is 29.5. The SMILES string of the molecule is C=C(C)C(=O)O[Si](C)(C)O[Si](C)(C)O[Si](C)(C)O[Si](C)(C)OC(=O)C(=C)C. The van der Waals surface area contributed by atoms with Gasteiger partial charge in [0.2, 0.25) is 0 Å². The number of hydrogen-bond acceptors (Lipinski definition) is 7. The summed E-state index contributed by atoms with van der Waals surface area (Å²) in [5.41, 5.74) is 0.648. The van der Waals surface area contributed by atoms with E-state index in [1.54, 1.807) is 40.0 Å². The van der Waals surface area contributed by atoms with Crippen molar-refractivity contribution in [2.24, 2.45) is 0 Å². The highest BCUT2D eigenvalue weighted by Crippen LogP contribution is 2.25. The largest absolute Gasteiger partial charge is 0.492 e. The Bertz CT molecular complexity index is 560. The van der Waals surface area contributed by atoms with Crippen molar-refractivity contribution in [1.82, 2.24) is 0 Å². The van der Waals surface area contributed by atoms with E-state index in [0.29, 0.717) is 11.1 Å². The van der Waals surface area contributed by atoms with Crippen LogP contribution in [0.5, 0.6) is 0 Å². The second-order valence-corrected chi connectivity index (χ2v) is 22.3. The molecule has 11 heteroatoms. The van der Waals surface area contributed by atoms with Gasteiger partial charge in [-0.25, -0.2) is 9.59 Å². The standard InChI is InChI=1S/C16H34O7Si4/c1-13(2)15(17)19-24(5,6)21-26(9,10)23-27(11,12)22-25(7,8)20-16(18)14(3)4/h1,3H2,2,4-12H3. The smallest absolute Gasteiger partial charge is 0.386 e. The third-order valence-corrected chi connectivity index (χ3v) is 16.0. The van der Waals surface area contributed by atoms with E-state index in [-0.39, 0.29) is 0 Å². The fourth-order valence-electron chi connectivity index (χ4n) is 2.48. The van der Waals surface area contributed by atoms with Gasteiger partial charge < -0.3 is 21.2 Å². The Hall–Kier alpha value is -0.832. The number of carbonyl (C=O) groups excluding carboxylic acids is 2. The summed E-state index contributed by atoms with van der Waals surface area (Å²) >= 11 is 0. The van der Waals surface area contributed by atoms with Crippen molar-refractivity contribution in [2.45, 2.75) is 66.2 Å². The molecule has 0 amide bonds. The number of hydrogen-bond donors (Lipinski definition) is 0. The molecule has 0 atom stereocenters. The molecule has 0 unspecified atom stereocenters. The lowest BCUT2D eigenvalue weighted by molar-refractivity contribution is -0.132. The van der Waals surface area contributed by atoms with Crippen LogP contribution < -0.4 is 0 Å². The van der Waals surface area contributed by atoms with Crippen LogP contribution in [0.1, 0.15) is 13.8 Å². The zero-order valence-electron chi connectivity index (χ0n) is 18.3. The van der Waals surface area contributed by atoms with E-state index in [0.717, 1.165) is 0 Å². The van der Waals surface area contributed by atoms with E-state index in [9.17, 15) is 9.59 Å². The molecule has 0 saturated heterocycles. The maximum Gasteiger partial charge on any atom is 0.386 e. The Morgan fingerprint density at radius 3 is 1.00 bits per heavy atom. The molecule has 0 spiro atoms. The van der Waals surface area contributed by atoms with Crippen molar-refractivity contribution < 1.29 is 30.8 Å². The summed E-state index contributed by atoms with van der Waals surface area (Å²) in [5.74, 6) is -0.936. The third-order valence-electron chi connectivity index (χ3n) is 2.85. The van der Waals surface area contributed by atoms with E-state index in [4.69, 9.17) is 21.2 Å². The van der Waals surface area contributed by atoms with Crippen LogP contribution >= 0.6 is 0 Å². The van der Waals surface area contributed by atoms with Crippen LogP contribution in [0, 0.1) is 0 Å². The van der Waals surface area contributed by atoms with Crippen molar-refractivity contribution in [1.29, 1.82) is 0 Å². The van der Waals surface area contributed by atoms with Gasteiger partial charge >= 0.3 is 46.2 Å². The van der Waals surface area contributed by atoms with Gasteiger partial charge in [0.05, 0.1) is 0 Å². The fraction of sp³-hybridized carbons (Fsp3) is 0.625. The van der Waals surface area contributed by atoms with Crippen LogP contribution in [0.2, 0.25) is 52.4 Å². The second kappa shape index (κ2) is 9.11. The monoisotopic (exact) mass is 450 g/mol. The normalized spacial score (nSPS) is 13.1. The average molecular weight is 451 g/mol. The molecular weight excluding hydrogens is 417 g/mol. The first-order chi connectivity index (χ1) is 11.8. The maximum absolute atomic E-state index is 11.8. The topological polar surface area (TPSA) is 80.3 Å². The van der Waals surface area contributed by atoms with Gasteiger partial charge in [-0.1, -0.05) is 13.2 Å². The molecule has 0 aliphatic heterocycles. The lowest BCUT2D eigenvalue weighted by atomic mass is 10.4. The summed E-state index contributed by atoms with van der Waals surface area (Å²) in [7, 11) is -10.9. The summed E-state index contributed by atoms with van der Waals surface area (Å²) in [6, 6.07) is 0. The Kier molecular flexibility index (Phi) is 8.83. The molecule has 0 N–H and O–H groups in total. The highest BCUT2D eigenvalue weighted by molar-refractivity contribution is 6.87. The summed E-state index contributed by atoms with van der Waals surface area (Å²) in [6.07, 6.45) is 0. The highest BCUT2D eigenvalue weighted by atomic mass is 28.5. The van der Waals surface area contributed by atoms with Gasteiger partial charge in [0.1, 0.15) is 0 Å². The van der Waals surface area contributed by atoms with Gasteiger partial charge in [-0.15, -0.1) is 0 Å². The minimum atomic E-state index is -2.76. The first-order valence-electron chi connectivity index (χ1n) is 8.66. The minimum Gasteiger partial charge on any atom is -0.492 e. The van der Waals surface area contributed by atoms with Crippen LogP contribution in [0.15, 0.2) is 24.3 Å². The van der Waals surface area contributed by atoms with Crippen molar-refractivity contribution in [3.05, 3.63) is 24.3 Å². The molecule has 0 aromatic rings. The van der Waals surface area contributed by atoms with E-state index < -0.39 is 46.2 Å². The zero-order chi connectivity index (χ0) is 21.8. The second-order valence-electron chi connectivity index (χ2n) is 8.25. The van der Waals surface area contributed by atoms with E-state index >= 15 is 0 Å². The molecule has 7 nitrogen and oxygen atoms in total. The predicted octanol–water partition coefficient (Wildman–Crippen LogP) is 4.08. The Morgan fingerprint density at radius 2 is 0.778 bits per heavy atom. The Balaban J connectivity index is 5.08. The van der Waals surface area contributed by atoms with Crippen LogP contribution in [-0.2, 0) is 30.8 Å². The molecule has 0 bridgehead atoms. The molecule has 0 heterocycles. The lowest BCUT2D eigenvalue weighted by Gasteiger charge is -2.39. The van der Waals surface area contributed by atoms with Crippen molar-refractivity contribution >= 4 is 46.2 Å². The molecule has 0 saturated carbocycles. The van der Waals surface area contributed by atoms with Crippen LogP contribution in [0.3, 0.4) is 0 Å². The third kappa shape index (κ3) is 10.9. The van der Waals surface area contributed by atoms with Gasteiger partial charge in [0.25, 0.3) is 0 Å². The molecule has 0 aliphatic rings. The first-order valence-corrected chi connectivity index (χ1v) is 19.9. The minimum absolute atomic E-state index is 0.324. The van der Waals surface area contributed by atoms with Gasteiger partial charge in [-0.05, 0) is 66.2 Å². The number of carbonyl (C=O) groups is 2. The van der Waals surface area contributed by atoms with Gasteiger partial charge in [-0.3, -0.25) is 0 Å².